The van der Waals surface area contributed by atoms with E-state index < -0.39 is 0 Å². The molecule has 0 aliphatic heterocycles. The first-order valence-corrected chi connectivity index (χ1v) is 11.6. The Bertz CT molecular complexity index is 1340. The third kappa shape index (κ3) is 3.20. The summed E-state index contributed by atoms with van der Waals surface area (Å²) >= 11 is 0. The van der Waals surface area contributed by atoms with Crippen LogP contribution in [0.1, 0.15) is 33.4 Å². The average molecular weight is 424 g/mol. The molecule has 0 unspecified atom stereocenters. The topological polar surface area (TPSA) is 12.9 Å². The van der Waals surface area contributed by atoms with Crippen LogP contribution in [0.4, 0.5) is 0 Å². The predicted molar refractivity (Wildman–Crippen MR) is 135 cm³/mol. The van der Waals surface area contributed by atoms with E-state index in [1.54, 1.807) is 0 Å². The van der Waals surface area contributed by atoms with Gasteiger partial charge in [-0.15, -0.1) is 0 Å². The zero-order valence-corrected chi connectivity index (χ0v) is 18.5. The molecule has 0 radical (unpaired) electrons. The van der Waals surface area contributed by atoms with Crippen LogP contribution in [0, 0.1) is 0 Å². The molecule has 1 aromatic heterocycles. The molecule has 0 atom stereocenters. The molecule has 1 nitrogen and oxygen atoms in total. The fourth-order valence-corrected chi connectivity index (χ4v) is 5.55. The van der Waals surface area contributed by atoms with Gasteiger partial charge in [0.15, 0.2) is 0 Å². The third-order valence-electron chi connectivity index (χ3n) is 7.03. The fourth-order valence-electron chi connectivity index (χ4n) is 5.55. The molecule has 1 heteroatoms. The van der Waals surface area contributed by atoms with Crippen molar-refractivity contribution in [1.82, 2.24) is 4.98 Å². The van der Waals surface area contributed by atoms with E-state index in [1.165, 1.54) is 38.9 Å². The molecule has 0 spiro atoms. The van der Waals surface area contributed by atoms with Crippen molar-refractivity contribution < 1.29 is 0 Å². The highest BCUT2D eigenvalue weighted by Crippen LogP contribution is 2.49. The van der Waals surface area contributed by atoms with Gasteiger partial charge in [0.25, 0.3) is 0 Å². The SMILES string of the molecule is c1ccc(C2(c3ccc(-c4cccnc4)cc3)c3ccccc3CCc3ccccc32)cc1. The molecule has 0 bridgehead atoms. The number of aromatic nitrogens is 1. The number of rotatable bonds is 3. The molecule has 33 heavy (non-hydrogen) atoms. The van der Waals surface area contributed by atoms with E-state index in [-0.39, 0.29) is 5.41 Å². The average Bonchev–Trinajstić information content (AvgIpc) is 3.05. The van der Waals surface area contributed by atoms with Gasteiger partial charge in [-0.05, 0) is 63.4 Å². The Kier molecular flexibility index (Phi) is 4.88. The second kappa shape index (κ2) is 8.18. The van der Waals surface area contributed by atoms with E-state index in [0.29, 0.717) is 0 Å². The Morgan fingerprint density at radius 2 is 1.06 bits per heavy atom. The number of hydrogen-bond donors (Lipinski definition) is 0. The van der Waals surface area contributed by atoms with Gasteiger partial charge in [-0.25, -0.2) is 0 Å². The molecule has 0 fully saturated rings. The van der Waals surface area contributed by atoms with Gasteiger partial charge >= 0.3 is 0 Å². The van der Waals surface area contributed by atoms with Gasteiger partial charge in [0.1, 0.15) is 0 Å². The smallest absolute Gasteiger partial charge is 0.0706 e. The minimum atomic E-state index is -0.363. The lowest BCUT2D eigenvalue weighted by Gasteiger charge is -2.38. The van der Waals surface area contributed by atoms with Crippen molar-refractivity contribution in [2.45, 2.75) is 18.3 Å². The number of fused-ring (bicyclic) bond motifs is 2. The van der Waals surface area contributed by atoms with Crippen molar-refractivity contribution in [3.63, 3.8) is 0 Å². The lowest BCUT2D eigenvalue weighted by molar-refractivity contribution is 0.739. The summed E-state index contributed by atoms with van der Waals surface area (Å²) in [4.78, 5) is 4.31. The van der Waals surface area contributed by atoms with Crippen LogP contribution in [0.3, 0.4) is 0 Å². The molecule has 4 aromatic carbocycles. The molecule has 5 aromatic rings. The Hall–Kier alpha value is -3.97. The molecule has 158 valence electrons. The standard InChI is InChI=1S/C32H25N/c1-2-12-28(13-3-1)32(29-20-18-24(19-21-29)27-11-8-22-33-23-27)30-14-6-4-9-25(30)16-17-26-10-5-7-15-31(26)32/h1-15,18-23H,16-17H2. The van der Waals surface area contributed by atoms with Crippen molar-refractivity contribution in [2.75, 3.05) is 0 Å². The lowest BCUT2D eigenvalue weighted by atomic mass is 9.63. The summed E-state index contributed by atoms with van der Waals surface area (Å²) in [5.41, 5.74) is 10.2. The molecule has 1 aliphatic carbocycles. The van der Waals surface area contributed by atoms with Crippen LogP contribution in [0.15, 0.2) is 128 Å². The van der Waals surface area contributed by atoms with Crippen molar-refractivity contribution in [3.8, 4) is 11.1 Å². The summed E-state index contributed by atoms with van der Waals surface area (Å²) in [5.74, 6) is 0. The summed E-state index contributed by atoms with van der Waals surface area (Å²) in [7, 11) is 0. The van der Waals surface area contributed by atoms with Crippen LogP contribution in [0.2, 0.25) is 0 Å². The summed E-state index contributed by atoms with van der Waals surface area (Å²) < 4.78 is 0. The van der Waals surface area contributed by atoms with Crippen molar-refractivity contribution in [1.29, 1.82) is 0 Å². The monoisotopic (exact) mass is 423 g/mol. The van der Waals surface area contributed by atoms with E-state index in [2.05, 4.69) is 114 Å². The molecule has 6 rings (SSSR count). The molecule has 0 saturated carbocycles. The van der Waals surface area contributed by atoms with Crippen LogP contribution in [-0.4, -0.2) is 4.98 Å². The van der Waals surface area contributed by atoms with Gasteiger partial charge in [-0.1, -0.05) is 109 Å². The summed E-state index contributed by atoms with van der Waals surface area (Å²) in [6, 6.07) is 42.2. The van der Waals surface area contributed by atoms with Gasteiger partial charge in [0.05, 0.1) is 5.41 Å². The van der Waals surface area contributed by atoms with Crippen molar-refractivity contribution in [3.05, 3.63) is 161 Å². The van der Waals surface area contributed by atoms with Crippen LogP contribution in [-0.2, 0) is 18.3 Å². The molecule has 1 heterocycles. The van der Waals surface area contributed by atoms with Gasteiger partial charge in [-0.3, -0.25) is 4.98 Å². The number of pyridine rings is 1. The van der Waals surface area contributed by atoms with Crippen LogP contribution >= 0.6 is 0 Å². The summed E-state index contributed by atoms with van der Waals surface area (Å²) in [6.07, 6.45) is 5.85. The Balaban J connectivity index is 1.68. The van der Waals surface area contributed by atoms with E-state index in [9.17, 15) is 0 Å². The first kappa shape index (κ1) is 19.7. The van der Waals surface area contributed by atoms with E-state index in [4.69, 9.17) is 0 Å². The van der Waals surface area contributed by atoms with Crippen LogP contribution in [0.25, 0.3) is 11.1 Å². The molecular formula is C32H25N. The molecular weight excluding hydrogens is 398 g/mol. The van der Waals surface area contributed by atoms with E-state index in [0.717, 1.165) is 18.4 Å². The first-order chi connectivity index (χ1) is 16.4. The largest absolute Gasteiger partial charge is 0.264 e. The Morgan fingerprint density at radius 3 is 1.67 bits per heavy atom. The van der Waals surface area contributed by atoms with Gasteiger partial charge in [0, 0.05) is 12.4 Å². The highest BCUT2D eigenvalue weighted by molar-refractivity contribution is 5.68. The first-order valence-electron chi connectivity index (χ1n) is 11.6. The maximum absolute atomic E-state index is 4.31. The fraction of sp³-hybridized carbons (Fsp3) is 0.0938. The van der Waals surface area contributed by atoms with Gasteiger partial charge in [0.2, 0.25) is 0 Å². The highest BCUT2D eigenvalue weighted by atomic mass is 14.6. The zero-order chi connectivity index (χ0) is 22.1. The summed E-state index contributed by atoms with van der Waals surface area (Å²) in [5, 5.41) is 0. The van der Waals surface area contributed by atoms with E-state index in [1.807, 2.05) is 18.5 Å². The van der Waals surface area contributed by atoms with Gasteiger partial charge < -0.3 is 0 Å². The number of aryl methyl sites for hydroxylation is 2. The van der Waals surface area contributed by atoms with Crippen LogP contribution < -0.4 is 0 Å². The van der Waals surface area contributed by atoms with Crippen molar-refractivity contribution >= 4 is 0 Å². The Morgan fingerprint density at radius 1 is 0.485 bits per heavy atom. The van der Waals surface area contributed by atoms with Gasteiger partial charge in [-0.2, -0.15) is 0 Å². The summed E-state index contributed by atoms with van der Waals surface area (Å²) in [6.45, 7) is 0. The highest BCUT2D eigenvalue weighted by Gasteiger charge is 2.42. The number of hydrogen-bond acceptors (Lipinski definition) is 1. The third-order valence-corrected chi connectivity index (χ3v) is 7.03. The number of nitrogens with zero attached hydrogens (tertiary/aromatic N) is 1. The number of benzene rings is 4. The van der Waals surface area contributed by atoms with Crippen molar-refractivity contribution in [2.24, 2.45) is 0 Å². The molecule has 0 N–H and O–H groups in total. The van der Waals surface area contributed by atoms with E-state index >= 15 is 0 Å². The second-order valence-corrected chi connectivity index (χ2v) is 8.75. The zero-order valence-electron chi connectivity index (χ0n) is 18.5. The molecule has 1 aliphatic rings. The molecule has 0 amide bonds. The maximum Gasteiger partial charge on any atom is 0.0706 e. The Labute approximate surface area is 195 Å². The minimum Gasteiger partial charge on any atom is -0.264 e. The lowest BCUT2D eigenvalue weighted by Crippen LogP contribution is -2.32. The van der Waals surface area contributed by atoms with Crippen LogP contribution in [0.5, 0.6) is 0 Å². The molecule has 0 saturated heterocycles. The quantitative estimate of drug-likeness (QED) is 0.298. The normalized spacial score (nSPS) is 14.1. The minimum absolute atomic E-state index is 0.363. The maximum atomic E-state index is 4.31. The predicted octanol–water partition coefficient (Wildman–Crippen LogP) is 7.23. The second-order valence-electron chi connectivity index (χ2n) is 8.75.